The van der Waals surface area contributed by atoms with Crippen LogP contribution in [0.3, 0.4) is 0 Å². The van der Waals surface area contributed by atoms with Gasteiger partial charge in [-0.25, -0.2) is 0 Å². The maximum absolute atomic E-state index is 6.48. The molecule has 9 atom stereocenters. The Morgan fingerprint density at radius 1 is 1.00 bits per heavy atom. The van der Waals surface area contributed by atoms with Crippen molar-refractivity contribution in [3.05, 3.63) is 47.5 Å². The van der Waals surface area contributed by atoms with Gasteiger partial charge in [-0.3, -0.25) is 0 Å². The van der Waals surface area contributed by atoms with E-state index in [1.165, 1.54) is 64.2 Å². The van der Waals surface area contributed by atoms with Crippen LogP contribution in [0.25, 0.3) is 0 Å². The summed E-state index contributed by atoms with van der Waals surface area (Å²) in [7, 11) is 0. The smallest absolute Gasteiger partial charge is 0.157 e. The summed E-state index contributed by atoms with van der Waals surface area (Å²) in [6.45, 7) is 8.73. The summed E-state index contributed by atoms with van der Waals surface area (Å²) in [5, 5.41) is 0. The summed E-state index contributed by atoms with van der Waals surface area (Å²) >= 11 is 0. The third-order valence-electron chi connectivity index (χ3n) is 12.0. The maximum Gasteiger partial charge on any atom is 0.157 e. The fourth-order valence-corrected chi connectivity index (χ4v) is 9.94. The molecule has 1 heterocycles. The van der Waals surface area contributed by atoms with Gasteiger partial charge in [-0.2, -0.15) is 0 Å². The molecule has 0 bridgehead atoms. The van der Waals surface area contributed by atoms with E-state index in [1.807, 2.05) is 0 Å². The van der Waals surface area contributed by atoms with Crippen molar-refractivity contribution in [2.45, 2.75) is 117 Å². The summed E-state index contributed by atoms with van der Waals surface area (Å²) in [5.41, 5.74) is 3.80. The Kier molecular flexibility index (Phi) is 7.81. The van der Waals surface area contributed by atoms with Gasteiger partial charge in [0.1, 0.15) is 0 Å². The fourth-order valence-electron chi connectivity index (χ4n) is 9.94. The van der Waals surface area contributed by atoms with Crippen molar-refractivity contribution < 1.29 is 9.47 Å². The van der Waals surface area contributed by atoms with Gasteiger partial charge >= 0.3 is 0 Å². The number of rotatable bonds is 5. The minimum atomic E-state index is 0.0483. The van der Waals surface area contributed by atoms with Gasteiger partial charge in [0.05, 0.1) is 6.10 Å². The highest BCUT2D eigenvalue weighted by Gasteiger charge is 2.59. The van der Waals surface area contributed by atoms with Crippen LogP contribution < -0.4 is 0 Å². The first-order valence-electron chi connectivity index (χ1n) is 16.0. The zero-order valence-corrected chi connectivity index (χ0v) is 24.2. The zero-order chi connectivity index (χ0) is 26.2. The van der Waals surface area contributed by atoms with Gasteiger partial charge in [0, 0.05) is 18.6 Å². The summed E-state index contributed by atoms with van der Waals surface area (Å²) in [5.74, 6) is 11.2. The Morgan fingerprint density at radius 2 is 1.87 bits per heavy atom. The highest BCUT2D eigenvalue weighted by Crippen LogP contribution is 2.67. The van der Waals surface area contributed by atoms with Crippen molar-refractivity contribution in [1.29, 1.82) is 0 Å². The summed E-state index contributed by atoms with van der Waals surface area (Å²) in [6, 6.07) is 10.5. The number of allylic oxidation sites excluding steroid dienone is 1. The first-order valence-corrected chi connectivity index (χ1v) is 16.0. The van der Waals surface area contributed by atoms with Gasteiger partial charge in [-0.1, -0.05) is 62.5 Å². The highest BCUT2D eigenvalue weighted by atomic mass is 16.7. The van der Waals surface area contributed by atoms with Crippen LogP contribution in [0.15, 0.2) is 42.0 Å². The van der Waals surface area contributed by atoms with Crippen molar-refractivity contribution in [3.8, 4) is 11.8 Å². The van der Waals surface area contributed by atoms with Gasteiger partial charge in [0.25, 0.3) is 0 Å². The number of ether oxygens (including phenoxy) is 2. The number of hydrogen-bond acceptors (Lipinski definition) is 2. The molecule has 0 aromatic heterocycles. The molecule has 0 N–H and O–H groups in total. The predicted molar refractivity (Wildman–Crippen MR) is 155 cm³/mol. The predicted octanol–water partition coefficient (Wildman–Crippen LogP) is 8.95. The molecule has 0 amide bonds. The van der Waals surface area contributed by atoms with E-state index in [9.17, 15) is 0 Å². The van der Waals surface area contributed by atoms with Crippen LogP contribution in [0, 0.1) is 52.3 Å². The minimum Gasteiger partial charge on any atom is -0.353 e. The molecule has 1 unspecified atom stereocenters. The highest BCUT2D eigenvalue weighted by molar-refractivity contribution is 5.33. The van der Waals surface area contributed by atoms with Crippen LogP contribution in [-0.2, 0) is 9.47 Å². The first-order chi connectivity index (χ1) is 18.5. The summed E-state index contributed by atoms with van der Waals surface area (Å²) < 4.78 is 12.4. The molecular formula is C36H50O2. The van der Waals surface area contributed by atoms with E-state index in [4.69, 9.17) is 9.47 Å². The van der Waals surface area contributed by atoms with E-state index in [0.29, 0.717) is 16.9 Å². The van der Waals surface area contributed by atoms with Crippen LogP contribution in [-0.4, -0.2) is 19.0 Å². The number of hydrogen-bond donors (Lipinski definition) is 0. The Bertz CT molecular complexity index is 1040. The van der Waals surface area contributed by atoms with Crippen LogP contribution in [0.4, 0.5) is 0 Å². The molecule has 1 aliphatic heterocycles. The number of fused-ring (bicyclic) bond motifs is 5. The monoisotopic (exact) mass is 514 g/mol. The summed E-state index contributed by atoms with van der Waals surface area (Å²) in [6.07, 6.45) is 19.6. The van der Waals surface area contributed by atoms with Gasteiger partial charge in [-0.05, 0) is 130 Å². The quantitative estimate of drug-likeness (QED) is 0.288. The second kappa shape index (κ2) is 11.1. The lowest BCUT2D eigenvalue weighted by molar-refractivity contribution is -0.195. The second-order valence-corrected chi connectivity index (χ2v) is 14.0. The zero-order valence-electron chi connectivity index (χ0n) is 24.2. The van der Waals surface area contributed by atoms with Crippen LogP contribution in [0.1, 0.15) is 110 Å². The first kappa shape index (κ1) is 26.7. The van der Waals surface area contributed by atoms with Crippen molar-refractivity contribution >= 4 is 0 Å². The third kappa shape index (κ3) is 5.04. The van der Waals surface area contributed by atoms with E-state index in [0.717, 1.165) is 61.0 Å². The average molecular weight is 515 g/mol. The fraction of sp³-hybridized carbons (Fsp3) is 0.722. The van der Waals surface area contributed by atoms with Crippen molar-refractivity contribution in [3.63, 3.8) is 0 Å². The molecule has 4 aliphatic carbocycles. The third-order valence-corrected chi connectivity index (χ3v) is 12.0. The molecule has 1 aromatic carbocycles. The van der Waals surface area contributed by atoms with Crippen molar-refractivity contribution in [2.24, 2.45) is 40.4 Å². The molecule has 2 heteroatoms. The van der Waals surface area contributed by atoms with Crippen molar-refractivity contribution in [2.75, 3.05) is 6.61 Å². The molecular weight excluding hydrogens is 464 g/mol. The molecule has 6 rings (SSSR count). The Morgan fingerprint density at radius 3 is 2.68 bits per heavy atom. The SMILES string of the molecule is C[C@H](CCC#Cc1ccccc1)[C@H]1CC[C@H]2[C@@H]3CC=C4C[C@@H](OC5CCCCO5)CC[C@]4(C)[C@H]3CC[C@]12C. The molecule has 3 saturated carbocycles. The van der Waals surface area contributed by atoms with Gasteiger partial charge < -0.3 is 9.47 Å². The van der Waals surface area contributed by atoms with E-state index in [2.05, 4.69) is 69.0 Å². The minimum absolute atomic E-state index is 0.0483. The van der Waals surface area contributed by atoms with Gasteiger partial charge in [0.2, 0.25) is 0 Å². The van der Waals surface area contributed by atoms with E-state index in [1.54, 1.807) is 5.57 Å². The van der Waals surface area contributed by atoms with E-state index in [-0.39, 0.29) is 6.29 Å². The Hall–Kier alpha value is -1.56. The van der Waals surface area contributed by atoms with Crippen LogP contribution in [0.5, 0.6) is 0 Å². The average Bonchev–Trinajstić information content (AvgIpc) is 3.30. The molecule has 0 radical (unpaired) electrons. The largest absolute Gasteiger partial charge is 0.353 e. The Labute approximate surface area is 232 Å². The molecule has 2 nitrogen and oxygen atoms in total. The van der Waals surface area contributed by atoms with Gasteiger partial charge in [-0.15, -0.1) is 0 Å². The lowest BCUT2D eigenvalue weighted by atomic mass is 9.47. The van der Waals surface area contributed by atoms with E-state index >= 15 is 0 Å². The molecule has 0 spiro atoms. The normalized spacial score (nSPS) is 41.1. The molecule has 38 heavy (non-hydrogen) atoms. The number of benzene rings is 1. The van der Waals surface area contributed by atoms with Gasteiger partial charge in [0.15, 0.2) is 6.29 Å². The maximum atomic E-state index is 6.48. The molecule has 4 fully saturated rings. The molecule has 206 valence electrons. The molecule has 1 aromatic rings. The topological polar surface area (TPSA) is 18.5 Å². The lowest BCUT2D eigenvalue weighted by Crippen LogP contribution is -2.51. The van der Waals surface area contributed by atoms with E-state index < -0.39 is 0 Å². The second-order valence-electron chi connectivity index (χ2n) is 14.0. The van der Waals surface area contributed by atoms with Crippen molar-refractivity contribution in [1.82, 2.24) is 0 Å². The molecule has 1 saturated heterocycles. The standard InChI is InChI=1S/C36H50O2/c1-26(11-7-8-14-27-12-5-4-6-13-27)31-18-19-32-30-17-16-28-25-29(38-34-15-9-10-24-37-34)20-22-35(28,2)33(30)21-23-36(31,32)3/h4-6,12-13,16,26,29-34H,7,9-11,15,17-25H2,1-3H3/t26-,29+,30+,31-,32+,33+,34?,35+,36-/m1/s1. The Balaban J connectivity index is 1.09. The van der Waals surface area contributed by atoms with Crippen LogP contribution in [0.2, 0.25) is 0 Å². The lowest BCUT2D eigenvalue weighted by Gasteiger charge is -2.58. The summed E-state index contributed by atoms with van der Waals surface area (Å²) in [4.78, 5) is 0. The van der Waals surface area contributed by atoms with Crippen LogP contribution >= 0.6 is 0 Å². The molecule has 5 aliphatic rings.